The smallest absolute Gasteiger partial charge is 0.293 e. The molecule has 0 unspecified atom stereocenters. The van der Waals surface area contributed by atoms with Gasteiger partial charge in [0.15, 0.2) is 10.4 Å². The molecule has 6 heteroatoms. The molecule has 0 bridgehead atoms. The second-order valence-corrected chi connectivity index (χ2v) is 9.03. The van der Waals surface area contributed by atoms with E-state index in [1.54, 1.807) is 31.3 Å². The van der Waals surface area contributed by atoms with Crippen molar-refractivity contribution in [2.45, 2.75) is 25.7 Å². The number of nitrogens with zero attached hydrogens (tertiary/aromatic N) is 2. The summed E-state index contributed by atoms with van der Waals surface area (Å²) in [5.41, 5.74) is 2.49. The van der Waals surface area contributed by atoms with Gasteiger partial charge in [-0.2, -0.15) is 0 Å². The third-order valence-corrected chi connectivity index (χ3v) is 6.60. The van der Waals surface area contributed by atoms with Gasteiger partial charge in [-0.05, 0) is 77.4 Å². The molecule has 3 aromatic rings. The van der Waals surface area contributed by atoms with E-state index in [0.29, 0.717) is 21.8 Å². The van der Waals surface area contributed by atoms with E-state index in [4.69, 9.17) is 4.42 Å². The average molecular weight is 495 g/mol. The summed E-state index contributed by atoms with van der Waals surface area (Å²) in [6.45, 7) is 1.49. The highest BCUT2D eigenvalue weighted by atomic mass is 79.9. The van der Waals surface area contributed by atoms with Crippen molar-refractivity contribution in [2.75, 3.05) is 25.0 Å². The number of amides is 2. The van der Waals surface area contributed by atoms with Gasteiger partial charge in [-0.1, -0.05) is 42.5 Å². The van der Waals surface area contributed by atoms with E-state index in [1.165, 1.54) is 10.5 Å². The summed E-state index contributed by atoms with van der Waals surface area (Å²) in [6, 6.07) is 21.1. The molecule has 2 aromatic carbocycles. The van der Waals surface area contributed by atoms with Crippen LogP contribution >= 0.6 is 15.9 Å². The molecule has 0 radical (unpaired) electrons. The normalized spacial score (nSPS) is 14.4. The fourth-order valence-electron chi connectivity index (χ4n) is 4.26. The Morgan fingerprint density at radius 2 is 1.69 bits per heavy atom. The molecule has 0 spiro atoms. The molecule has 0 aliphatic carbocycles. The Balaban J connectivity index is 1.39. The molecule has 1 saturated heterocycles. The standard InChI is InChI=1S/C26H27BrN2O3/c1-28(26(31)23-13-14-24(27)32-23)22-10-6-5-9-21(22)25(30)29-17-15-20(16-18-29)12-11-19-7-3-2-4-8-19/h2-10,13-14,20H,11-12,15-18H2,1H3. The number of piperidine rings is 1. The van der Waals surface area contributed by atoms with Gasteiger partial charge < -0.3 is 14.2 Å². The lowest BCUT2D eigenvalue weighted by Crippen LogP contribution is -2.39. The number of anilines is 1. The summed E-state index contributed by atoms with van der Waals surface area (Å²) in [5.74, 6) is 0.537. The van der Waals surface area contributed by atoms with Crippen molar-refractivity contribution >= 4 is 33.4 Å². The van der Waals surface area contributed by atoms with E-state index in [1.807, 2.05) is 23.1 Å². The number of hydrogen-bond donors (Lipinski definition) is 0. The maximum absolute atomic E-state index is 13.3. The number of aryl methyl sites for hydroxylation is 1. The molecule has 32 heavy (non-hydrogen) atoms. The molecular formula is C26H27BrN2O3. The molecule has 1 aromatic heterocycles. The van der Waals surface area contributed by atoms with Gasteiger partial charge >= 0.3 is 0 Å². The Bertz CT molecular complexity index is 1070. The van der Waals surface area contributed by atoms with Gasteiger partial charge in [-0.15, -0.1) is 0 Å². The molecule has 0 saturated carbocycles. The summed E-state index contributed by atoms with van der Waals surface area (Å²) in [6.07, 6.45) is 4.25. The molecule has 4 rings (SSSR count). The van der Waals surface area contributed by atoms with Gasteiger partial charge in [0.1, 0.15) is 0 Å². The SMILES string of the molecule is CN(C(=O)c1ccc(Br)o1)c1ccccc1C(=O)N1CCC(CCc2ccccc2)CC1. The van der Waals surface area contributed by atoms with Gasteiger partial charge in [0.2, 0.25) is 0 Å². The minimum absolute atomic E-state index is 0.0256. The number of carbonyl (C=O) groups excluding carboxylic acids is 2. The van der Waals surface area contributed by atoms with E-state index >= 15 is 0 Å². The highest BCUT2D eigenvalue weighted by molar-refractivity contribution is 9.10. The second-order valence-electron chi connectivity index (χ2n) is 8.24. The third kappa shape index (κ3) is 5.13. The van der Waals surface area contributed by atoms with Gasteiger partial charge in [0.25, 0.3) is 11.8 Å². The van der Waals surface area contributed by atoms with Crippen LogP contribution in [-0.2, 0) is 6.42 Å². The minimum atomic E-state index is -0.296. The Kier molecular flexibility index (Phi) is 7.10. The molecule has 2 heterocycles. The van der Waals surface area contributed by atoms with Crippen LogP contribution in [0.2, 0.25) is 0 Å². The maximum atomic E-state index is 13.3. The quantitative estimate of drug-likeness (QED) is 0.434. The van der Waals surface area contributed by atoms with Crippen molar-refractivity contribution < 1.29 is 14.0 Å². The summed E-state index contributed by atoms with van der Waals surface area (Å²) >= 11 is 3.23. The van der Waals surface area contributed by atoms with Crippen molar-refractivity contribution in [3.63, 3.8) is 0 Å². The molecule has 5 nitrogen and oxygen atoms in total. The summed E-state index contributed by atoms with van der Waals surface area (Å²) < 4.78 is 5.90. The van der Waals surface area contributed by atoms with Crippen molar-refractivity contribution in [3.8, 4) is 0 Å². The van der Waals surface area contributed by atoms with Crippen LogP contribution in [0.15, 0.2) is 75.8 Å². The van der Waals surface area contributed by atoms with Crippen LogP contribution in [-0.4, -0.2) is 36.9 Å². The van der Waals surface area contributed by atoms with Gasteiger partial charge in [0, 0.05) is 20.1 Å². The van der Waals surface area contributed by atoms with Crippen LogP contribution in [0.4, 0.5) is 5.69 Å². The lowest BCUT2D eigenvalue weighted by Gasteiger charge is -2.33. The first-order valence-electron chi connectivity index (χ1n) is 11.0. The predicted molar refractivity (Wildman–Crippen MR) is 129 cm³/mol. The van der Waals surface area contributed by atoms with Crippen LogP contribution in [0, 0.1) is 5.92 Å². The first kappa shape index (κ1) is 22.3. The monoisotopic (exact) mass is 494 g/mol. The molecule has 0 N–H and O–H groups in total. The zero-order valence-corrected chi connectivity index (χ0v) is 19.8. The fourth-order valence-corrected chi connectivity index (χ4v) is 4.57. The Labute approximate surface area is 197 Å². The van der Waals surface area contributed by atoms with Crippen LogP contribution in [0.1, 0.15) is 45.7 Å². The van der Waals surface area contributed by atoms with Gasteiger partial charge in [-0.3, -0.25) is 9.59 Å². The molecule has 1 aliphatic rings. The molecule has 1 aliphatic heterocycles. The minimum Gasteiger partial charge on any atom is -0.444 e. The zero-order chi connectivity index (χ0) is 22.5. The van der Waals surface area contributed by atoms with E-state index in [0.717, 1.165) is 38.8 Å². The average Bonchev–Trinajstić information content (AvgIpc) is 3.28. The second kappa shape index (κ2) is 10.2. The van der Waals surface area contributed by atoms with Crippen molar-refractivity contribution in [1.82, 2.24) is 4.90 Å². The van der Waals surface area contributed by atoms with E-state index in [2.05, 4.69) is 40.2 Å². The molecule has 1 fully saturated rings. The van der Waals surface area contributed by atoms with Crippen molar-refractivity contribution in [2.24, 2.45) is 5.92 Å². The lowest BCUT2D eigenvalue weighted by atomic mass is 9.90. The number of rotatable bonds is 6. The first-order valence-corrected chi connectivity index (χ1v) is 11.8. The number of carbonyl (C=O) groups is 2. The van der Waals surface area contributed by atoms with E-state index < -0.39 is 0 Å². The fraction of sp³-hybridized carbons (Fsp3) is 0.308. The highest BCUT2D eigenvalue weighted by Crippen LogP contribution is 2.27. The first-order chi connectivity index (χ1) is 15.5. The van der Waals surface area contributed by atoms with E-state index in [-0.39, 0.29) is 17.6 Å². The number of para-hydroxylation sites is 1. The summed E-state index contributed by atoms with van der Waals surface area (Å²) in [5, 5.41) is 0. The number of benzene rings is 2. The van der Waals surface area contributed by atoms with Crippen molar-refractivity contribution in [1.29, 1.82) is 0 Å². The van der Waals surface area contributed by atoms with Gasteiger partial charge in [-0.25, -0.2) is 0 Å². The molecule has 2 amide bonds. The number of halogens is 1. The number of hydrogen-bond acceptors (Lipinski definition) is 3. The molecule has 0 atom stereocenters. The largest absolute Gasteiger partial charge is 0.444 e. The Morgan fingerprint density at radius 1 is 1.00 bits per heavy atom. The summed E-state index contributed by atoms with van der Waals surface area (Å²) in [7, 11) is 1.67. The van der Waals surface area contributed by atoms with Crippen LogP contribution < -0.4 is 4.90 Å². The van der Waals surface area contributed by atoms with E-state index in [9.17, 15) is 9.59 Å². The number of likely N-dealkylation sites (tertiary alicyclic amines) is 1. The van der Waals surface area contributed by atoms with Crippen molar-refractivity contribution in [3.05, 3.63) is 88.3 Å². The Morgan fingerprint density at radius 3 is 2.38 bits per heavy atom. The summed E-state index contributed by atoms with van der Waals surface area (Å²) in [4.78, 5) is 29.6. The predicted octanol–water partition coefficient (Wildman–Crippen LogP) is 5.80. The zero-order valence-electron chi connectivity index (χ0n) is 18.2. The molecule has 166 valence electrons. The van der Waals surface area contributed by atoms with Crippen LogP contribution in [0.25, 0.3) is 0 Å². The van der Waals surface area contributed by atoms with Crippen LogP contribution in [0.5, 0.6) is 0 Å². The highest BCUT2D eigenvalue weighted by Gasteiger charge is 2.27. The van der Waals surface area contributed by atoms with Gasteiger partial charge in [0.05, 0.1) is 11.3 Å². The maximum Gasteiger partial charge on any atom is 0.293 e. The number of furan rings is 1. The molecular weight excluding hydrogens is 468 g/mol. The lowest BCUT2D eigenvalue weighted by molar-refractivity contribution is 0.0687. The Hall–Kier alpha value is -2.86. The third-order valence-electron chi connectivity index (χ3n) is 6.17. The topological polar surface area (TPSA) is 53.8 Å². The van der Waals surface area contributed by atoms with Crippen LogP contribution in [0.3, 0.4) is 0 Å².